The largest absolute Gasteiger partial charge is 0.390 e. The molecule has 0 radical (unpaired) electrons. The van der Waals surface area contributed by atoms with E-state index in [9.17, 15) is 23.8 Å². The quantitative estimate of drug-likeness (QED) is 0.719. The first kappa shape index (κ1) is 14.9. The molecule has 1 aliphatic carbocycles. The summed E-state index contributed by atoms with van der Waals surface area (Å²) in [5, 5.41) is 22.0. The van der Waals surface area contributed by atoms with E-state index in [0.717, 1.165) is 31.0 Å². The van der Waals surface area contributed by atoms with E-state index in [0.29, 0.717) is 12.8 Å². The number of aliphatic hydroxyl groups excluding tert-OH is 2. The van der Waals surface area contributed by atoms with Crippen molar-refractivity contribution in [1.29, 1.82) is 0 Å². The van der Waals surface area contributed by atoms with Crippen molar-refractivity contribution in [1.82, 2.24) is 5.32 Å². The molecule has 0 saturated heterocycles. The molecule has 0 bridgehead atoms. The highest BCUT2D eigenvalue weighted by Gasteiger charge is 2.30. The van der Waals surface area contributed by atoms with Gasteiger partial charge in [0.1, 0.15) is 11.6 Å². The van der Waals surface area contributed by atoms with E-state index in [2.05, 4.69) is 5.32 Å². The van der Waals surface area contributed by atoms with Gasteiger partial charge in [-0.1, -0.05) is 12.8 Å². The van der Waals surface area contributed by atoms with Crippen LogP contribution in [0.3, 0.4) is 0 Å². The Morgan fingerprint density at radius 3 is 2.65 bits per heavy atom. The molecule has 1 aromatic carbocycles. The molecule has 0 aliphatic heterocycles. The fraction of sp³-hybridized carbons (Fsp3) is 0.500. The minimum absolute atomic E-state index is 0.407. The molecule has 110 valence electrons. The number of hydrogen-bond donors (Lipinski definition) is 3. The standard InChI is InChI=1S/C14H17F2NO3/c15-8-5-6-10(16)9(7-8)14(20)17-11-3-1-2-4-12(18)13(11)19/h5-7,11-13,18-19H,1-4H2,(H,17,20)/t11-,12-,13-/m1/s1. The van der Waals surface area contributed by atoms with Crippen molar-refractivity contribution in [2.75, 3.05) is 0 Å². The molecule has 1 aliphatic rings. The smallest absolute Gasteiger partial charge is 0.254 e. The third-order valence-electron chi connectivity index (χ3n) is 3.56. The number of benzene rings is 1. The van der Waals surface area contributed by atoms with Crippen molar-refractivity contribution in [2.45, 2.75) is 43.9 Å². The molecule has 0 aromatic heterocycles. The summed E-state index contributed by atoms with van der Waals surface area (Å²) < 4.78 is 26.5. The Hall–Kier alpha value is -1.53. The number of amides is 1. The highest BCUT2D eigenvalue weighted by atomic mass is 19.1. The van der Waals surface area contributed by atoms with Crippen molar-refractivity contribution >= 4 is 5.91 Å². The number of hydrogen-bond acceptors (Lipinski definition) is 3. The zero-order chi connectivity index (χ0) is 14.7. The van der Waals surface area contributed by atoms with Gasteiger partial charge in [0.15, 0.2) is 0 Å². The van der Waals surface area contributed by atoms with E-state index >= 15 is 0 Å². The number of halogens is 2. The van der Waals surface area contributed by atoms with Crippen LogP contribution in [0.4, 0.5) is 8.78 Å². The summed E-state index contributed by atoms with van der Waals surface area (Å²) in [5.74, 6) is -2.33. The summed E-state index contributed by atoms with van der Waals surface area (Å²) in [5.41, 5.74) is -0.407. The normalized spacial score (nSPS) is 26.9. The molecule has 1 amide bonds. The Morgan fingerprint density at radius 2 is 1.90 bits per heavy atom. The van der Waals surface area contributed by atoms with E-state index in [1.54, 1.807) is 0 Å². The fourth-order valence-corrected chi connectivity index (χ4v) is 2.40. The second kappa shape index (κ2) is 6.28. The van der Waals surface area contributed by atoms with Crippen LogP contribution in [-0.4, -0.2) is 34.4 Å². The molecular weight excluding hydrogens is 268 g/mol. The van der Waals surface area contributed by atoms with E-state index in [-0.39, 0.29) is 0 Å². The summed E-state index contributed by atoms with van der Waals surface area (Å²) in [4.78, 5) is 11.9. The molecule has 1 fully saturated rings. The second-order valence-electron chi connectivity index (χ2n) is 5.05. The van der Waals surface area contributed by atoms with Gasteiger partial charge in [0.25, 0.3) is 5.91 Å². The van der Waals surface area contributed by atoms with Gasteiger partial charge in [-0.3, -0.25) is 4.79 Å². The predicted molar refractivity (Wildman–Crippen MR) is 68.1 cm³/mol. The summed E-state index contributed by atoms with van der Waals surface area (Å²) in [6, 6.07) is 1.95. The first-order chi connectivity index (χ1) is 9.49. The first-order valence-electron chi connectivity index (χ1n) is 6.61. The number of aliphatic hydroxyl groups is 2. The number of nitrogens with one attached hydrogen (secondary N) is 1. The van der Waals surface area contributed by atoms with Gasteiger partial charge in [0, 0.05) is 0 Å². The van der Waals surface area contributed by atoms with Crippen molar-refractivity contribution in [3.63, 3.8) is 0 Å². The fourth-order valence-electron chi connectivity index (χ4n) is 2.40. The van der Waals surface area contributed by atoms with E-state index in [4.69, 9.17) is 0 Å². The molecule has 6 heteroatoms. The maximum Gasteiger partial charge on any atom is 0.254 e. The Morgan fingerprint density at radius 1 is 1.20 bits per heavy atom. The van der Waals surface area contributed by atoms with Crippen LogP contribution in [0.15, 0.2) is 18.2 Å². The van der Waals surface area contributed by atoms with Gasteiger partial charge < -0.3 is 15.5 Å². The van der Waals surface area contributed by atoms with Crippen molar-refractivity contribution in [2.24, 2.45) is 0 Å². The second-order valence-corrected chi connectivity index (χ2v) is 5.05. The van der Waals surface area contributed by atoms with Gasteiger partial charge in [0.2, 0.25) is 0 Å². The average Bonchev–Trinajstić information content (AvgIpc) is 2.57. The van der Waals surface area contributed by atoms with Crippen LogP contribution >= 0.6 is 0 Å². The van der Waals surface area contributed by atoms with Crippen LogP contribution in [0, 0.1) is 11.6 Å². The first-order valence-corrected chi connectivity index (χ1v) is 6.61. The topological polar surface area (TPSA) is 69.6 Å². The van der Waals surface area contributed by atoms with E-state index in [1.165, 1.54) is 0 Å². The number of rotatable bonds is 2. The SMILES string of the molecule is O=C(N[C@@H]1CCCC[C@@H](O)[C@@H]1O)c1cc(F)ccc1F. The van der Waals surface area contributed by atoms with E-state index in [1.807, 2.05) is 0 Å². The van der Waals surface area contributed by atoms with E-state index < -0.39 is 41.4 Å². The molecule has 1 aromatic rings. The zero-order valence-electron chi connectivity index (χ0n) is 10.9. The lowest BCUT2D eigenvalue weighted by Gasteiger charge is -2.25. The van der Waals surface area contributed by atoms with Crippen molar-refractivity contribution in [3.8, 4) is 0 Å². The lowest BCUT2D eigenvalue weighted by atomic mass is 10.0. The highest BCUT2D eigenvalue weighted by Crippen LogP contribution is 2.19. The van der Waals surface area contributed by atoms with Gasteiger partial charge in [0.05, 0.1) is 23.8 Å². The third kappa shape index (κ3) is 3.32. The lowest BCUT2D eigenvalue weighted by Crippen LogP contribution is -2.47. The molecule has 4 nitrogen and oxygen atoms in total. The molecule has 3 N–H and O–H groups in total. The summed E-state index contributed by atoms with van der Waals surface area (Å²) >= 11 is 0. The van der Waals surface area contributed by atoms with Crippen LogP contribution in [-0.2, 0) is 0 Å². The van der Waals surface area contributed by atoms with Crippen LogP contribution in [0.25, 0.3) is 0 Å². The minimum Gasteiger partial charge on any atom is -0.390 e. The highest BCUT2D eigenvalue weighted by molar-refractivity contribution is 5.94. The maximum atomic E-state index is 13.5. The molecular formula is C14H17F2NO3. The van der Waals surface area contributed by atoms with Crippen molar-refractivity contribution in [3.05, 3.63) is 35.4 Å². The molecule has 20 heavy (non-hydrogen) atoms. The van der Waals surface area contributed by atoms with Crippen LogP contribution in [0.1, 0.15) is 36.0 Å². The van der Waals surface area contributed by atoms with Gasteiger partial charge >= 0.3 is 0 Å². The van der Waals surface area contributed by atoms with Crippen molar-refractivity contribution < 1.29 is 23.8 Å². The predicted octanol–water partition coefficient (Wildman–Crippen LogP) is 1.36. The van der Waals surface area contributed by atoms with Gasteiger partial charge in [-0.15, -0.1) is 0 Å². The monoisotopic (exact) mass is 285 g/mol. The van der Waals surface area contributed by atoms with Crippen LogP contribution in [0.5, 0.6) is 0 Å². The maximum absolute atomic E-state index is 13.5. The third-order valence-corrected chi connectivity index (χ3v) is 3.56. The average molecular weight is 285 g/mol. The molecule has 1 saturated carbocycles. The lowest BCUT2D eigenvalue weighted by molar-refractivity contribution is -0.00128. The Balaban J connectivity index is 2.12. The van der Waals surface area contributed by atoms with Gasteiger partial charge in [-0.05, 0) is 31.0 Å². The molecule has 0 unspecified atom stereocenters. The molecule has 3 atom stereocenters. The summed E-state index contributed by atoms with van der Waals surface area (Å²) in [6.07, 6.45) is 0.421. The summed E-state index contributed by atoms with van der Waals surface area (Å²) in [6.45, 7) is 0. The number of carbonyl (C=O) groups is 1. The van der Waals surface area contributed by atoms with Gasteiger partial charge in [-0.25, -0.2) is 8.78 Å². The van der Waals surface area contributed by atoms with Crippen LogP contribution < -0.4 is 5.32 Å². The zero-order valence-corrected chi connectivity index (χ0v) is 10.9. The van der Waals surface area contributed by atoms with Crippen LogP contribution in [0.2, 0.25) is 0 Å². The Labute approximate surface area is 115 Å². The van der Waals surface area contributed by atoms with Gasteiger partial charge in [-0.2, -0.15) is 0 Å². The summed E-state index contributed by atoms with van der Waals surface area (Å²) in [7, 11) is 0. The number of carbonyl (C=O) groups excluding carboxylic acids is 1. The minimum atomic E-state index is -1.10. The Kier molecular flexibility index (Phi) is 4.67. The molecule has 0 heterocycles. The molecule has 0 spiro atoms. The Bertz CT molecular complexity index is 495. The molecule has 2 rings (SSSR count).